The summed E-state index contributed by atoms with van der Waals surface area (Å²) in [6.07, 6.45) is -2.58. The molecule has 4 aromatic rings. The van der Waals surface area contributed by atoms with Gasteiger partial charge >= 0.3 is 29.6 Å². The molecule has 0 saturated carbocycles. The third-order valence-corrected chi connectivity index (χ3v) is 7.68. The van der Waals surface area contributed by atoms with E-state index in [1.54, 1.807) is 30.3 Å². The molecule has 236 valence electrons. The Morgan fingerprint density at radius 1 is 0.891 bits per heavy atom. The summed E-state index contributed by atoms with van der Waals surface area (Å²) >= 11 is 0. The van der Waals surface area contributed by atoms with Gasteiger partial charge in [-0.1, -0.05) is 60.7 Å². The second-order valence-corrected chi connectivity index (χ2v) is 11.5. The average Bonchev–Trinajstić information content (AvgIpc) is 3.35. The van der Waals surface area contributed by atoms with Crippen molar-refractivity contribution in [2.45, 2.75) is 71.2 Å². The van der Waals surface area contributed by atoms with E-state index in [9.17, 15) is 34.1 Å². The summed E-state index contributed by atoms with van der Waals surface area (Å²) in [5, 5.41) is 34.8. The Kier molecular flexibility index (Phi) is 13.5. The first-order valence-electron chi connectivity index (χ1n) is 15.0. The molecule has 0 saturated heterocycles. The second kappa shape index (κ2) is 16.8. The van der Waals surface area contributed by atoms with Gasteiger partial charge in [0, 0.05) is 47.4 Å². The van der Waals surface area contributed by atoms with Crippen molar-refractivity contribution in [3.05, 3.63) is 107 Å². The Labute approximate surface area is 290 Å². The Hall–Kier alpha value is -3.60. The molecule has 3 N–H and O–H groups in total. The van der Waals surface area contributed by atoms with Gasteiger partial charge in [0.2, 0.25) is 0 Å². The number of halogens is 1. The maximum absolute atomic E-state index is 14.2. The number of amides is 1. The van der Waals surface area contributed by atoms with Gasteiger partial charge in [-0.05, 0) is 74.9 Å². The number of aliphatic hydroxyl groups excluding tert-OH is 2. The van der Waals surface area contributed by atoms with Crippen LogP contribution < -0.4 is 40.0 Å². The third-order valence-electron chi connectivity index (χ3n) is 7.68. The molecule has 10 heteroatoms. The number of Topliss-reactive ketones (excluding diaryl/α,β-unsaturated/α-hetero) is 1. The molecule has 0 bridgehead atoms. The van der Waals surface area contributed by atoms with Gasteiger partial charge in [0.25, 0.3) is 5.91 Å². The second-order valence-electron chi connectivity index (χ2n) is 11.5. The number of benzene rings is 3. The van der Waals surface area contributed by atoms with Gasteiger partial charge in [-0.15, -0.1) is 0 Å². The van der Waals surface area contributed by atoms with Gasteiger partial charge in [0.1, 0.15) is 11.5 Å². The van der Waals surface area contributed by atoms with E-state index < -0.39 is 30.4 Å². The SMILES string of the molecule is CC(=O)c1cccc(CNC(=O)c2c(-c3ccccc3)c(-c3ccc(F)cc3)c(CCC(O)CC(O)CC(=O)[O-])n2C(C)C)c1.[Na+]. The van der Waals surface area contributed by atoms with Gasteiger partial charge in [0.05, 0.1) is 12.2 Å². The summed E-state index contributed by atoms with van der Waals surface area (Å²) in [5.74, 6) is -2.24. The molecule has 1 aromatic heterocycles. The number of carbonyl (C=O) groups is 3. The van der Waals surface area contributed by atoms with Crippen LogP contribution in [-0.4, -0.2) is 44.6 Å². The van der Waals surface area contributed by atoms with Crippen molar-refractivity contribution in [2.75, 3.05) is 0 Å². The van der Waals surface area contributed by atoms with Gasteiger partial charge in [-0.3, -0.25) is 9.59 Å². The summed E-state index contributed by atoms with van der Waals surface area (Å²) in [4.78, 5) is 37.0. The molecule has 4 rings (SSSR count). The van der Waals surface area contributed by atoms with Crippen LogP contribution in [0.4, 0.5) is 4.39 Å². The molecule has 0 spiro atoms. The fourth-order valence-electron chi connectivity index (χ4n) is 5.67. The molecule has 0 aliphatic heterocycles. The van der Waals surface area contributed by atoms with Crippen LogP contribution >= 0.6 is 0 Å². The van der Waals surface area contributed by atoms with Crippen LogP contribution in [0.25, 0.3) is 22.3 Å². The van der Waals surface area contributed by atoms with Gasteiger partial charge in [0.15, 0.2) is 5.78 Å². The van der Waals surface area contributed by atoms with Crippen molar-refractivity contribution < 1.29 is 63.7 Å². The van der Waals surface area contributed by atoms with Crippen molar-refractivity contribution in [1.29, 1.82) is 0 Å². The number of aliphatic carboxylic acids is 1. The quantitative estimate of drug-likeness (QED) is 0.143. The first-order chi connectivity index (χ1) is 21.5. The van der Waals surface area contributed by atoms with Gasteiger partial charge < -0.3 is 30.0 Å². The Bertz CT molecular complexity index is 1650. The minimum atomic E-state index is -1.40. The molecule has 2 atom stereocenters. The monoisotopic (exact) mass is 636 g/mol. The molecule has 1 amide bonds. The maximum Gasteiger partial charge on any atom is 1.00 e. The van der Waals surface area contributed by atoms with E-state index in [2.05, 4.69) is 5.32 Å². The van der Waals surface area contributed by atoms with Gasteiger partial charge in [-0.2, -0.15) is 0 Å². The third kappa shape index (κ3) is 9.24. The van der Waals surface area contributed by atoms with E-state index in [1.165, 1.54) is 19.1 Å². The number of nitrogens with one attached hydrogen (secondary N) is 1. The normalized spacial score (nSPS) is 12.3. The van der Waals surface area contributed by atoms with E-state index in [4.69, 9.17) is 0 Å². The Balaban J connectivity index is 0.00000576. The van der Waals surface area contributed by atoms with E-state index in [1.807, 2.05) is 54.8 Å². The number of carbonyl (C=O) groups excluding carboxylic acids is 3. The molecule has 46 heavy (non-hydrogen) atoms. The first kappa shape index (κ1) is 36.9. The van der Waals surface area contributed by atoms with Crippen molar-refractivity contribution >= 4 is 17.7 Å². The number of aromatic nitrogens is 1. The van der Waals surface area contributed by atoms with E-state index >= 15 is 0 Å². The minimum absolute atomic E-state index is 0. The zero-order valence-electron chi connectivity index (χ0n) is 26.6. The fraction of sp³-hybridized carbons (Fsp3) is 0.306. The van der Waals surface area contributed by atoms with E-state index in [0.717, 1.165) is 16.8 Å². The Morgan fingerprint density at radius 3 is 2.15 bits per heavy atom. The van der Waals surface area contributed by atoms with Crippen molar-refractivity contribution in [1.82, 2.24) is 9.88 Å². The summed E-state index contributed by atoms with van der Waals surface area (Å²) in [5.41, 5.74) is 5.23. The van der Waals surface area contributed by atoms with Crippen LogP contribution in [0.1, 0.15) is 78.2 Å². The standard InChI is InChI=1S/C36H39FN2O6.Na/c1-22(2)39-31(17-16-29(41)19-30(42)20-32(43)44)33(26-12-14-28(37)15-13-26)34(25-9-5-4-6-10-25)35(39)36(45)38-21-24-8-7-11-27(18-24)23(3)40;/h4-15,18,22,29-30,41-42H,16-17,19-21H2,1-3H3,(H,38,45)(H,43,44);/q;+1/p-1. The topological polar surface area (TPSA) is 132 Å². The number of hydrogen-bond donors (Lipinski definition) is 3. The number of ketones is 1. The molecule has 0 radical (unpaired) electrons. The molecular weight excluding hydrogens is 598 g/mol. The van der Waals surface area contributed by atoms with E-state index in [0.29, 0.717) is 27.9 Å². The molecular formula is C36H38FN2NaO6. The minimum Gasteiger partial charge on any atom is -0.550 e. The summed E-state index contributed by atoms with van der Waals surface area (Å²) in [7, 11) is 0. The van der Waals surface area contributed by atoms with Crippen LogP contribution in [0.2, 0.25) is 0 Å². The molecule has 3 aromatic carbocycles. The summed E-state index contributed by atoms with van der Waals surface area (Å²) in [6, 6.07) is 22.3. The maximum atomic E-state index is 14.2. The number of rotatable bonds is 14. The Morgan fingerprint density at radius 2 is 1.54 bits per heavy atom. The van der Waals surface area contributed by atoms with Crippen LogP contribution in [0, 0.1) is 5.82 Å². The molecule has 0 fully saturated rings. The molecule has 0 aliphatic carbocycles. The molecule has 8 nitrogen and oxygen atoms in total. The zero-order chi connectivity index (χ0) is 32.7. The smallest absolute Gasteiger partial charge is 0.550 e. The van der Waals surface area contributed by atoms with Crippen molar-refractivity contribution in [3.8, 4) is 22.3 Å². The predicted octanol–water partition coefficient (Wildman–Crippen LogP) is 1.86. The van der Waals surface area contributed by atoms with Crippen molar-refractivity contribution in [2.24, 2.45) is 0 Å². The van der Waals surface area contributed by atoms with Gasteiger partial charge in [-0.25, -0.2) is 4.39 Å². The van der Waals surface area contributed by atoms with Crippen LogP contribution in [-0.2, 0) is 17.8 Å². The molecule has 1 heterocycles. The predicted molar refractivity (Wildman–Crippen MR) is 168 cm³/mol. The zero-order valence-corrected chi connectivity index (χ0v) is 28.6. The average molecular weight is 637 g/mol. The van der Waals surface area contributed by atoms with Crippen LogP contribution in [0.3, 0.4) is 0 Å². The van der Waals surface area contributed by atoms with Crippen LogP contribution in [0.5, 0.6) is 0 Å². The number of hydrogen-bond acceptors (Lipinski definition) is 6. The molecule has 0 aliphatic rings. The van der Waals surface area contributed by atoms with Crippen LogP contribution in [0.15, 0.2) is 78.9 Å². The fourth-order valence-corrected chi connectivity index (χ4v) is 5.67. The summed E-state index contributed by atoms with van der Waals surface area (Å²) < 4.78 is 16.0. The number of aliphatic hydroxyl groups is 2. The number of carboxylic acids is 1. The first-order valence-corrected chi connectivity index (χ1v) is 15.0. The van der Waals surface area contributed by atoms with E-state index in [-0.39, 0.29) is 73.1 Å². The number of carboxylic acid groups (broad SMARTS) is 1. The molecule has 2 unspecified atom stereocenters. The summed E-state index contributed by atoms with van der Waals surface area (Å²) in [6.45, 7) is 5.55. The largest absolute Gasteiger partial charge is 1.00 e. The van der Waals surface area contributed by atoms with Crippen molar-refractivity contribution in [3.63, 3.8) is 0 Å². The number of nitrogens with zero attached hydrogens (tertiary/aromatic N) is 1.